The van der Waals surface area contributed by atoms with Crippen LogP contribution in [0.5, 0.6) is 0 Å². The number of aliphatic hydroxyl groups is 2. The molecule has 38 atom stereocenters. The third-order valence-electron chi connectivity index (χ3n) is 28.0. The van der Waals surface area contributed by atoms with Gasteiger partial charge in [0.15, 0.2) is 11.6 Å². The molecule has 0 amide bonds. The van der Waals surface area contributed by atoms with Crippen molar-refractivity contribution in [1.82, 2.24) is 0 Å². The van der Waals surface area contributed by atoms with Crippen LogP contribution in [0.25, 0.3) is 0 Å². The van der Waals surface area contributed by atoms with Crippen LogP contribution in [0.3, 0.4) is 0 Å². The second kappa shape index (κ2) is 32.7. The Morgan fingerprint density at radius 3 is 1.18 bits per heavy atom. The average Bonchev–Trinajstić information content (AvgIpc) is 1.55. The number of carbonyl (C=O) groups excluding carboxylic acids is 2. The van der Waals surface area contributed by atoms with Gasteiger partial charge in [0, 0.05) is 116 Å². The first kappa shape index (κ1) is 80.1. The molecule has 0 saturated carbocycles. The molecule has 24 bridgehead atoms. The summed E-state index contributed by atoms with van der Waals surface area (Å²) in [6, 6.07) is 0. The summed E-state index contributed by atoms with van der Waals surface area (Å²) in [6.45, 7) is 22.5. The normalized spacial score (nSPS) is 50.5. The first-order valence-corrected chi connectivity index (χ1v) is 43.1. The molecule has 20 rings (SSSR count). The van der Waals surface area contributed by atoms with Gasteiger partial charge in [0.05, 0.1) is 141 Å². The smallest absolute Gasteiger partial charge is 0.261 e. The highest BCUT2D eigenvalue weighted by molar-refractivity contribution is 7.85. The predicted octanol–water partition coefficient (Wildman–Crippen LogP) is 6.38. The van der Waals surface area contributed by atoms with Crippen molar-refractivity contribution in [2.75, 3.05) is 33.6 Å². The lowest BCUT2D eigenvalue weighted by molar-refractivity contribution is -0.292. The van der Waals surface area contributed by atoms with Crippen LogP contribution in [0.4, 0.5) is 0 Å². The zero-order chi connectivity index (χ0) is 76.3. The number of ether oxygens (including phenoxy) is 18. The Bertz CT molecular complexity index is 3210. The molecule has 20 aliphatic rings. The molecule has 20 heterocycles. The monoisotopic (exact) mass is 1550 g/mol. The van der Waals surface area contributed by atoms with Gasteiger partial charge in [0.1, 0.15) is 72.6 Å². The SMILES string of the molecule is C=C1C[C@@H]2CC[C@@]34C[C@@H]5O[C@H]6[C@@H](O3)[C@H]3OC(CC[C@@H]3O[C@H]6C5O4)CC(=O)C[C@H]3[C@H](CC4O[C@@H](CCC1O2)C[C@@H](C)C4=C)OC(C[C@H](O)CN)[C@@H]3OC.C=C1C[C@@H]2CC[C@@]34C[C@@H]5O[C@H]6[C@@H](O3)[C@H]3OC(CC[C@@H]3O[C@H]6C5O4)CC(=O)C[C@H]3[C@H](CC4O[C@@H](CCC1O2)C[C@@H](C)C4=C)OC(C[C@H](O)CN)[C@@H]3OC.CS(=O)(=O)O. The molecule has 28 heteroatoms. The minimum absolute atomic E-state index is 0.0158. The Hall–Kier alpha value is -2.67. The van der Waals surface area contributed by atoms with Crippen LogP contribution in [0.15, 0.2) is 48.6 Å². The largest absolute Gasteiger partial charge is 0.392 e. The molecule has 109 heavy (non-hydrogen) atoms. The lowest BCUT2D eigenvalue weighted by Crippen LogP contribution is -2.61. The molecular formula is C81H122N2O25S. The quantitative estimate of drug-likeness (QED) is 0.130. The van der Waals surface area contributed by atoms with Crippen LogP contribution in [0, 0.1) is 23.7 Å². The van der Waals surface area contributed by atoms with E-state index in [1.807, 2.05) is 0 Å². The molecule has 0 radical (unpaired) electrons. The maximum atomic E-state index is 14.1. The fourth-order valence-electron chi connectivity index (χ4n) is 22.6. The van der Waals surface area contributed by atoms with Crippen molar-refractivity contribution in [3.8, 4) is 0 Å². The van der Waals surface area contributed by atoms with E-state index in [1.54, 1.807) is 14.2 Å². The van der Waals surface area contributed by atoms with E-state index in [2.05, 4.69) is 40.2 Å². The van der Waals surface area contributed by atoms with Gasteiger partial charge in [-0.1, -0.05) is 40.2 Å². The van der Waals surface area contributed by atoms with Gasteiger partial charge in [0.25, 0.3) is 10.1 Å². The third kappa shape index (κ3) is 16.7. The number of hydrogen-bond donors (Lipinski definition) is 5. The average molecular weight is 1560 g/mol. The number of Topliss-reactive ketones (excluding diaryl/α,β-unsaturated/α-hetero) is 2. The molecule has 7 N–H and O–H groups in total. The molecule has 10 unspecified atom stereocenters. The van der Waals surface area contributed by atoms with Crippen LogP contribution in [-0.2, 0) is 105 Å². The van der Waals surface area contributed by atoms with Crippen LogP contribution in [0.2, 0.25) is 0 Å². The zero-order valence-corrected chi connectivity index (χ0v) is 65.1. The maximum Gasteiger partial charge on any atom is 0.261 e. The standard InChI is InChI=1S/2C40H59NO11.CH4O3S/c2*1-19-11-24-5-7-28-20(2)12-26(45-28)9-10-40-17-33-36(51-40)37-38(50-33)39(52-40)35-29(49-37)8-6-25(47-35)13-22(42)14-27-31(16-30(46-24)21(19)3)48-32(34(27)44-4)15-23(43)18-41;1-5(2,3)4/h2*19,23-39,43H,2-3,5-18,41H2,1,4H3;1H3,(H,2,3,4)/t2*19-,23+,24+,25?,26+,27+,28?,29+,30?,31+,32?,33+,34-,35+,36?,37+,38-,39+,40+;/m11./s1. The Labute approximate surface area is 641 Å². The summed E-state index contributed by atoms with van der Waals surface area (Å²) >= 11 is 0. The van der Waals surface area contributed by atoms with E-state index in [-0.39, 0.29) is 245 Å². The molecule has 612 valence electrons. The van der Waals surface area contributed by atoms with E-state index in [0.29, 0.717) is 57.6 Å². The van der Waals surface area contributed by atoms with Gasteiger partial charge in [-0.2, -0.15) is 8.42 Å². The summed E-state index contributed by atoms with van der Waals surface area (Å²) in [6.07, 6.45) is 10.4. The summed E-state index contributed by atoms with van der Waals surface area (Å²) in [5, 5.41) is 21.1. The summed E-state index contributed by atoms with van der Waals surface area (Å²) in [5.41, 5.74) is 16.0. The molecular weight excluding hydrogens is 1430 g/mol. The maximum absolute atomic E-state index is 14.1. The van der Waals surface area contributed by atoms with Gasteiger partial charge in [-0.05, 0) is 124 Å². The van der Waals surface area contributed by atoms with Gasteiger partial charge < -0.3 is 107 Å². The fraction of sp³-hybridized carbons (Fsp3) is 0.877. The predicted molar refractivity (Wildman–Crippen MR) is 390 cm³/mol. The van der Waals surface area contributed by atoms with Crippen molar-refractivity contribution in [3.63, 3.8) is 0 Å². The van der Waals surface area contributed by atoms with Crippen LogP contribution >= 0.6 is 0 Å². The Balaban J connectivity index is 0.000000156. The van der Waals surface area contributed by atoms with E-state index < -0.39 is 46.1 Å². The van der Waals surface area contributed by atoms with Crippen molar-refractivity contribution in [1.29, 1.82) is 0 Å². The molecule has 0 aliphatic carbocycles. The van der Waals surface area contributed by atoms with Gasteiger partial charge >= 0.3 is 0 Å². The zero-order valence-electron chi connectivity index (χ0n) is 64.3. The first-order valence-electron chi connectivity index (χ1n) is 41.3. The second-order valence-corrected chi connectivity index (χ2v) is 37.1. The number of rotatable bonds is 8. The van der Waals surface area contributed by atoms with Gasteiger partial charge in [0.2, 0.25) is 0 Å². The molecule has 0 aromatic carbocycles. The Kier molecular flexibility index (Phi) is 24.0. The number of ketones is 2. The minimum atomic E-state index is -3.67. The van der Waals surface area contributed by atoms with Crippen molar-refractivity contribution in [2.24, 2.45) is 35.1 Å². The molecule has 20 saturated heterocycles. The summed E-state index contributed by atoms with van der Waals surface area (Å²) in [7, 11) is -0.349. The minimum Gasteiger partial charge on any atom is -0.392 e. The Morgan fingerprint density at radius 1 is 0.431 bits per heavy atom. The van der Waals surface area contributed by atoms with Gasteiger partial charge in [-0.15, -0.1) is 0 Å². The molecule has 0 aromatic heterocycles. The number of methoxy groups -OCH3 is 2. The van der Waals surface area contributed by atoms with E-state index in [1.165, 1.54) is 0 Å². The van der Waals surface area contributed by atoms with Crippen molar-refractivity contribution in [3.05, 3.63) is 48.6 Å². The van der Waals surface area contributed by atoms with Gasteiger partial charge in [-0.25, -0.2) is 0 Å². The Morgan fingerprint density at radius 2 is 0.789 bits per heavy atom. The number of hydrogen-bond acceptors (Lipinski definition) is 26. The van der Waals surface area contributed by atoms with E-state index in [9.17, 15) is 28.2 Å². The van der Waals surface area contributed by atoms with Crippen LogP contribution in [0.1, 0.15) is 181 Å². The molecule has 20 aliphatic heterocycles. The van der Waals surface area contributed by atoms with Crippen molar-refractivity contribution >= 4 is 21.7 Å². The molecule has 27 nitrogen and oxygen atoms in total. The van der Waals surface area contributed by atoms with E-state index in [4.69, 9.17) is 101 Å². The molecule has 2 spiro atoms. The topological polar surface area (TPSA) is 347 Å². The number of nitrogens with two attached hydrogens (primary N) is 2. The molecule has 0 aromatic rings. The summed E-state index contributed by atoms with van der Waals surface area (Å²) in [4.78, 5) is 28.1. The van der Waals surface area contributed by atoms with Crippen LogP contribution < -0.4 is 11.5 Å². The fourth-order valence-corrected chi connectivity index (χ4v) is 22.6. The highest BCUT2D eigenvalue weighted by Crippen LogP contribution is 2.57. The first-order chi connectivity index (χ1) is 52.2. The lowest BCUT2D eigenvalue weighted by Gasteiger charge is -2.47. The van der Waals surface area contributed by atoms with Crippen molar-refractivity contribution < 1.29 is 118 Å². The molecule has 20 fully saturated rings. The summed E-state index contributed by atoms with van der Waals surface area (Å²) < 4.78 is 146. The number of carbonyl (C=O) groups is 2. The second-order valence-electron chi connectivity index (χ2n) is 35.6. The highest BCUT2D eigenvalue weighted by Gasteiger charge is 2.71. The van der Waals surface area contributed by atoms with E-state index in [0.717, 1.165) is 112 Å². The van der Waals surface area contributed by atoms with Crippen molar-refractivity contribution in [2.45, 2.75) is 388 Å². The lowest BCUT2D eigenvalue weighted by atomic mass is 9.81. The van der Waals surface area contributed by atoms with Crippen LogP contribution in [-0.4, -0.2) is 275 Å². The van der Waals surface area contributed by atoms with Gasteiger partial charge in [-0.3, -0.25) is 14.1 Å². The van der Waals surface area contributed by atoms with E-state index >= 15 is 0 Å². The number of aliphatic hydroxyl groups excluding tert-OH is 2. The third-order valence-corrected chi connectivity index (χ3v) is 28.0. The number of fused-ring (bicyclic) bond motifs is 12. The summed E-state index contributed by atoms with van der Waals surface area (Å²) in [5.74, 6) is -1.24. The highest BCUT2D eigenvalue weighted by atomic mass is 32.2.